The first-order valence-electron chi connectivity index (χ1n) is 3.83. The zero-order valence-corrected chi connectivity index (χ0v) is 6.99. The number of nitrogens with zero attached hydrogens (tertiary/aromatic N) is 3. The van der Waals surface area contributed by atoms with Gasteiger partial charge in [-0.3, -0.25) is 4.68 Å². The molecule has 4 nitrogen and oxygen atoms in total. The fourth-order valence-electron chi connectivity index (χ4n) is 0.902. The molecule has 2 N–H and O–H groups in total. The largest absolute Gasteiger partial charge is 0.327 e. The lowest BCUT2D eigenvalue weighted by Gasteiger charge is -2.03. The van der Waals surface area contributed by atoms with Crippen molar-refractivity contribution >= 4 is 0 Å². The Morgan fingerprint density at radius 3 is 2.91 bits per heavy atom. The average molecular weight is 154 g/mol. The van der Waals surface area contributed by atoms with Crippen LogP contribution in [0.1, 0.15) is 19.0 Å². The molecule has 1 aromatic heterocycles. The molecule has 1 heterocycles. The van der Waals surface area contributed by atoms with Crippen LogP contribution in [0.25, 0.3) is 0 Å². The Balaban J connectivity index is 2.50. The number of nitrogens with two attached hydrogens (primary N) is 1. The highest BCUT2D eigenvalue weighted by atomic mass is 15.4. The quantitative estimate of drug-likeness (QED) is 0.671. The highest BCUT2D eigenvalue weighted by Gasteiger charge is 2.03. The topological polar surface area (TPSA) is 56.7 Å². The zero-order valence-electron chi connectivity index (χ0n) is 6.99. The van der Waals surface area contributed by atoms with Crippen LogP contribution in [0.15, 0.2) is 6.20 Å². The van der Waals surface area contributed by atoms with Crippen molar-refractivity contribution in [1.82, 2.24) is 15.0 Å². The summed E-state index contributed by atoms with van der Waals surface area (Å²) in [6.07, 6.45) is 3.70. The van der Waals surface area contributed by atoms with Gasteiger partial charge < -0.3 is 5.73 Å². The molecule has 0 aliphatic heterocycles. The Labute approximate surface area is 66.4 Å². The first-order valence-corrected chi connectivity index (χ1v) is 3.83. The Morgan fingerprint density at radius 1 is 1.73 bits per heavy atom. The molecule has 1 rings (SSSR count). The lowest BCUT2D eigenvalue weighted by atomic mass is 10.1. The Kier molecular flexibility index (Phi) is 2.59. The van der Waals surface area contributed by atoms with E-state index >= 15 is 0 Å². The van der Waals surface area contributed by atoms with Crippen LogP contribution in [0.4, 0.5) is 0 Å². The molecular formula is C7H14N4. The first kappa shape index (κ1) is 8.20. The lowest BCUT2D eigenvalue weighted by Crippen LogP contribution is -2.21. The maximum absolute atomic E-state index is 5.74. The molecule has 0 saturated carbocycles. The van der Waals surface area contributed by atoms with E-state index in [1.54, 1.807) is 4.68 Å². The van der Waals surface area contributed by atoms with Crippen LogP contribution in [0.2, 0.25) is 0 Å². The molecule has 4 heteroatoms. The van der Waals surface area contributed by atoms with Crippen molar-refractivity contribution in [1.29, 1.82) is 0 Å². The second kappa shape index (κ2) is 3.48. The molecule has 1 atom stereocenters. The van der Waals surface area contributed by atoms with Crippen LogP contribution in [-0.2, 0) is 13.5 Å². The predicted molar refractivity (Wildman–Crippen MR) is 43.0 cm³/mol. The van der Waals surface area contributed by atoms with E-state index in [9.17, 15) is 0 Å². The molecule has 0 aliphatic rings. The van der Waals surface area contributed by atoms with Crippen LogP contribution >= 0.6 is 0 Å². The van der Waals surface area contributed by atoms with Crippen LogP contribution in [0.3, 0.4) is 0 Å². The van der Waals surface area contributed by atoms with Crippen LogP contribution in [-0.4, -0.2) is 21.0 Å². The summed E-state index contributed by atoms with van der Waals surface area (Å²) < 4.78 is 1.69. The number of aryl methyl sites for hydroxylation is 1. The molecule has 0 radical (unpaired) electrons. The van der Waals surface area contributed by atoms with Gasteiger partial charge in [0.15, 0.2) is 0 Å². The summed E-state index contributed by atoms with van der Waals surface area (Å²) in [7, 11) is 1.86. The van der Waals surface area contributed by atoms with Crippen molar-refractivity contribution in [3.8, 4) is 0 Å². The monoisotopic (exact) mass is 154 g/mol. The van der Waals surface area contributed by atoms with Gasteiger partial charge in [-0.15, -0.1) is 5.10 Å². The van der Waals surface area contributed by atoms with Crippen LogP contribution < -0.4 is 5.73 Å². The van der Waals surface area contributed by atoms with Crippen molar-refractivity contribution in [3.63, 3.8) is 0 Å². The Hall–Kier alpha value is -0.900. The third-order valence-electron chi connectivity index (χ3n) is 1.65. The van der Waals surface area contributed by atoms with Crippen LogP contribution in [0, 0.1) is 0 Å². The van der Waals surface area contributed by atoms with Gasteiger partial charge >= 0.3 is 0 Å². The first-order chi connectivity index (χ1) is 5.22. The molecule has 0 fully saturated rings. The van der Waals surface area contributed by atoms with Crippen LogP contribution in [0.5, 0.6) is 0 Å². The van der Waals surface area contributed by atoms with E-state index in [0.29, 0.717) is 0 Å². The maximum Gasteiger partial charge on any atom is 0.0842 e. The van der Waals surface area contributed by atoms with Gasteiger partial charge in [-0.25, -0.2) is 0 Å². The summed E-state index contributed by atoms with van der Waals surface area (Å²) in [6.45, 7) is 2.07. The van der Waals surface area contributed by atoms with Crippen molar-refractivity contribution in [3.05, 3.63) is 11.9 Å². The molecular weight excluding hydrogens is 140 g/mol. The Morgan fingerprint density at radius 2 is 2.45 bits per heavy atom. The summed E-state index contributed by atoms with van der Waals surface area (Å²) in [5.41, 5.74) is 6.71. The minimum absolute atomic E-state index is 0.215. The van der Waals surface area contributed by atoms with E-state index in [1.165, 1.54) is 0 Å². The van der Waals surface area contributed by atoms with Crippen molar-refractivity contribution in [2.24, 2.45) is 12.8 Å². The molecule has 0 bridgehead atoms. The van der Waals surface area contributed by atoms with Gasteiger partial charge in [0.1, 0.15) is 0 Å². The fraction of sp³-hybridized carbons (Fsp3) is 0.714. The highest BCUT2D eigenvalue weighted by molar-refractivity contribution is 4.94. The van der Waals surface area contributed by atoms with Gasteiger partial charge in [0, 0.05) is 25.7 Å². The smallest absolute Gasteiger partial charge is 0.0842 e. The van der Waals surface area contributed by atoms with Crippen molar-refractivity contribution in [2.75, 3.05) is 0 Å². The molecule has 11 heavy (non-hydrogen) atoms. The summed E-state index contributed by atoms with van der Waals surface area (Å²) in [4.78, 5) is 0. The molecule has 1 aromatic rings. The lowest BCUT2D eigenvalue weighted by molar-refractivity contribution is 0.634. The van der Waals surface area contributed by atoms with E-state index in [1.807, 2.05) is 13.2 Å². The second-order valence-electron chi connectivity index (χ2n) is 2.76. The van der Waals surface area contributed by atoms with Gasteiger partial charge in [-0.1, -0.05) is 12.1 Å². The zero-order chi connectivity index (χ0) is 8.27. The number of hydrogen-bond acceptors (Lipinski definition) is 3. The standard InChI is InChI=1S/C7H14N4/c1-3-6(8)4-7-5-11(2)10-9-7/h5-6H,3-4,8H2,1-2H3. The predicted octanol–water partition coefficient (Wildman–Crippen LogP) is 0.0949. The van der Waals surface area contributed by atoms with Crippen molar-refractivity contribution < 1.29 is 0 Å². The van der Waals surface area contributed by atoms with E-state index in [2.05, 4.69) is 17.2 Å². The summed E-state index contributed by atoms with van der Waals surface area (Å²) in [6, 6.07) is 0.215. The maximum atomic E-state index is 5.74. The summed E-state index contributed by atoms with van der Waals surface area (Å²) in [5.74, 6) is 0. The summed E-state index contributed by atoms with van der Waals surface area (Å²) >= 11 is 0. The second-order valence-corrected chi connectivity index (χ2v) is 2.76. The molecule has 1 unspecified atom stereocenters. The van der Waals surface area contributed by atoms with Gasteiger partial charge in [-0.05, 0) is 6.42 Å². The molecule has 0 saturated heterocycles. The van der Waals surface area contributed by atoms with Gasteiger partial charge in [0.05, 0.1) is 5.69 Å². The van der Waals surface area contributed by atoms with E-state index in [-0.39, 0.29) is 6.04 Å². The molecule has 62 valence electrons. The van der Waals surface area contributed by atoms with Gasteiger partial charge in [-0.2, -0.15) is 0 Å². The van der Waals surface area contributed by atoms with E-state index < -0.39 is 0 Å². The SMILES string of the molecule is CCC(N)Cc1cn(C)nn1. The number of rotatable bonds is 3. The number of hydrogen-bond donors (Lipinski definition) is 1. The molecule has 0 aromatic carbocycles. The van der Waals surface area contributed by atoms with Gasteiger partial charge in [0.2, 0.25) is 0 Å². The molecule has 0 spiro atoms. The third-order valence-corrected chi connectivity index (χ3v) is 1.65. The normalized spacial score (nSPS) is 13.4. The molecule has 0 aliphatic carbocycles. The Bertz CT molecular complexity index is 218. The molecule has 0 amide bonds. The fourth-order valence-corrected chi connectivity index (χ4v) is 0.902. The summed E-state index contributed by atoms with van der Waals surface area (Å²) in [5, 5.41) is 7.75. The van der Waals surface area contributed by atoms with E-state index in [4.69, 9.17) is 5.73 Å². The van der Waals surface area contributed by atoms with Gasteiger partial charge in [0.25, 0.3) is 0 Å². The number of aromatic nitrogens is 3. The minimum Gasteiger partial charge on any atom is -0.327 e. The van der Waals surface area contributed by atoms with E-state index in [0.717, 1.165) is 18.5 Å². The van der Waals surface area contributed by atoms with Crippen molar-refractivity contribution in [2.45, 2.75) is 25.8 Å². The average Bonchev–Trinajstić information content (AvgIpc) is 2.35. The minimum atomic E-state index is 0.215. The highest BCUT2D eigenvalue weighted by Crippen LogP contribution is 1.98. The third kappa shape index (κ3) is 2.31.